The van der Waals surface area contributed by atoms with E-state index in [2.05, 4.69) is 4.74 Å². The summed E-state index contributed by atoms with van der Waals surface area (Å²) in [5, 5.41) is 0.320. The number of hydrogen-bond donors (Lipinski definition) is 0. The lowest BCUT2D eigenvalue weighted by Gasteiger charge is -2.05. The van der Waals surface area contributed by atoms with Crippen LogP contribution in [0.5, 0.6) is 0 Å². The molecule has 0 aliphatic heterocycles. The second kappa shape index (κ2) is 7.77. The van der Waals surface area contributed by atoms with Crippen molar-refractivity contribution in [2.45, 2.75) is 24.7 Å². The lowest BCUT2D eigenvalue weighted by molar-refractivity contribution is -0.144. The molecule has 0 atom stereocenters. The maximum Gasteiger partial charge on any atom is 0.306 e. The number of benzene rings is 1. The number of carbonyl (C=O) groups excluding carboxylic acids is 2. The van der Waals surface area contributed by atoms with E-state index in [0.29, 0.717) is 0 Å². The van der Waals surface area contributed by atoms with Crippen molar-refractivity contribution in [1.82, 2.24) is 0 Å². The van der Waals surface area contributed by atoms with Gasteiger partial charge in [-0.3, -0.25) is 9.59 Å². The monoisotopic (exact) mass is 352 g/mol. The Hall–Kier alpha value is -1.11. The van der Waals surface area contributed by atoms with Crippen LogP contribution in [0.4, 0.5) is 0 Å². The molecule has 21 heavy (non-hydrogen) atoms. The van der Waals surface area contributed by atoms with Gasteiger partial charge in [-0.05, 0) is 25.1 Å². The van der Waals surface area contributed by atoms with Crippen LogP contribution in [-0.2, 0) is 24.2 Å². The van der Waals surface area contributed by atoms with Crippen molar-refractivity contribution in [1.29, 1.82) is 0 Å². The summed E-state index contributed by atoms with van der Waals surface area (Å²) in [6, 6.07) is 3.82. The van der Waals surface area contributed by atoms with Crippen LogP contribution in [0.1, 0.15) is 19.8 Å². The van der Waals surface area contributed by atoms with Crippen LogP contribution < -0.4 is 0 Å². The van der Waals surface area contributed by atoms with Gasteiger partial charge in [-0.2, -0.15) is 0 Å². The van der Waals surface area contributed by atoms with Gasteiger partial charge < -0.3 is 4.74 Å². The van der Waals surface area contributed by atoms with Crippen LogP contribution in [0.3, 0.4) is 0 Å². The third kappa shape index (κ3) is 5.65. The first-order valence-electron chi connectivity index (χ1n) is 6.11. The van der Waals surface area contributed by atoms with Crippen molar-refractivity contribution in [3.8, 4) is 0 Å². The van der Waals surface area contributed by atoms with E-state index < -0.39 is 27.3 Å². The molecule has 0 aliphatic rings. The molecule has 0 aliphatic carbocycles. The van der Waals surface area contributed by atoms with E-state index >= 15 is 0 Å². The minimum Gasteiger partial charge on any atom is -0.466 e. The second-order valence-electron chi connectivity index (χ2n) is 4.18. The first-order chi connectivity index (χ1) is 9.76. The summed E-state index contributed by atoms with van der Waals surface area (Å²) in [6.07, 6.45) is -0.317. The minimum absolute atomic E-state index is 0.0821. The molecule has 116 valence electrons. The molecule has 0 unspecified atom stereocenters. The van der Waals surface area contributed by atoms with Crippen LogP contribution >= 0.6 is 23.2 Å². The molecule has 0 N–H and O–H groups in total. The summed E-state index contributed by atoms with van der Waals surface area (Å²) < 4.78 is 28.7. The Morgan fingerprint density at radius 1 is 1.14 bits per heavy atom. The molecule has 0 amide bonds. The lowest BCUT2D eigenvalue weighted by atomic mass is 10.2. The van der Waals surface area contributed by atoms with Crippen molar-refractivity contribution in [2.24, 2.45) is 0 Å². The number of esters is 1. The molecule has 1 rings (SSSR count). The number of ether oxygens (including phenoxy) is 1. The summed E-state index contributed by atoms with van der Waals surface area (Å²) in [7, 11) is -3.80. The molecule has 5 nitrogen and oxygen atoms in total. The normalized spacial score (nSPS) is 11.2. The van der Waals surface area contributed by atoms with E-state index in [1.807, 2.05) is 0 Å². The van der Waals surface area contributed by atoms with Gasteiger partial charge in [0.25, 0.3) is 0 Å². The predicted molar refractivity (Wildman–Crippen MR) is 79.4 cm³/mol. The van der Waals surface area contributed by atoms with Crippen molar-refractivity contribution in [3.05, 3.63) is 28.2 Å². The van der Waals surface area contributed by atoms with Crippen LogP contribution in [0.2, 0.25) is 10.0 Å². The SMILES string of the molecule is CCOC(=O)CCC(=O)CS(=O)(=O)c1ccc(Cl)c(Cl)c1. The van der Waals surface area contributed by atoms with Crippen molar-refractivity contribution < 1.29 is 22.7 Å². The van der Waals surface area contributed by atoms with Crippen LogP contribution in [0, 0.1) is 0 Å². The molecule has 0 saturated heterocycles. The topological polar surface area (TPSA) is 77.5 Å². The zero-order valence-electron chi connectivity index (χ0n) is 11.3. The Labute approximate surface area is 133 Å². The van der Waals surface area contributed by atoms with E-state index in [1.54, 1.807) is 6.92 Å². The zero-order valence-corrected chi connectivity index (χ0v) is 13.6. The Morgan fingerprint density at radius 2 is 1.81 bits per heavy atom. The molecule has 1 aromatic rings. The highest BCUT2D eigenvalue weighted by Gasteiger charge is 2.20. The fraction of sp³-hybridized carbons (Fsp3) is 0.385. The van der Waals surface area contributed by atoms with Crippen LogP contribution in [-0.4, -0.2) is 32.5 Å². The molecule has 0 radical (unpaired) electrons. The van der Waals surface area contributed by atoms with Gasteiger partial charge in [0.2, 0.25) is 0 Å². The first kappa shape index (κ1) is 17.9. The van der Waals surface area contributed by atoms with Gasteiger partial charge in [-0.1, -0.05) is 23.2 Å². The Kier molecular flexibility index (Phi) is 6.64. The molecule has 0 aromatic heterocycles. The summed E-state index contributed by atoms with van der Waals surface area (Å²) in [4.78, 5) is 22.7. The lowest BCUT2D eigenvalue weighted by Crippen LogP contribution is -2.17. The number of sulfone groups is 1. The maximum absolute atomic E-state index is 12.0. The van der Waals surface area contributed by atoms with Gasteiger partial charge in [0.05, 0.1) is 28.0 Å². The fourth-order valence-corrected chi connectivity index (χ4v) is 3.18. The van der Waals surface area contributed by atoms with Gasteiger partial charge in [0.1, 0.15) is 11.5 Å². The Morgan fingerprint density at radius 3 is 2.38 bits per heavy atom. The van der Waals surface area contributed by atoms with E-state index in [-0.39, 0.29) is 34.4 Å². The second-order valence-corrected chi connectivity index (χ2v) is 6.98. The van der Waals surface area contributed by atoms with Gasteiger partial charge in [-0.25, -0.2) is 8.42 Å². The van der Waals surface area contributed by atoms with Gasteiger partial charge >= 0.3 is 5.97 Å². The fourth-order valence-electron chi connectivity index (χ4n) is 1.51. The molecule has 0 heterocycles. The summed E-state index contributed by atoms with van der Waals surface area (Å²) in [5.74, 6) is -1.78. The molecular weight excluding hydrogens is 339 g/mol. The third-order valence-electron chi connectivity index (χ3n) is 2.51. The largest absolute Gasteiger partial charge is 0.466 e. The summed E-state index contributed by atoms with van der Waals surface area (Å²) in [6.45, 7) is 1.86. The molecular formula is C13H14Cl2O5S. The highest BCUT2D eigenvalue weighted by molar-refractivity contribution is 7.92. The standard InChI is InChI=1S/C13H14Cl2O5S/c1-2-20-13(17)6-3-9(16)8-21(18,19)10-4-5-11(14)12(15)7-10/h4-5,7H,2-3,6,8H2,1H3. The maximum atomic E-state index is 12.0. The predicted octanol–water partition coefficient (Wildman–Crippen LogP) is 2.68. The van der Waals surface area contributed by atoms with E-state index in [9.17, 15) is 18.0 Å². The van der Waals surface area contributed by atoms with Crippen LogP contribution in [0.15, 0.2) is 23.1 Å². The average molecular weight is 353 g/mol. The quantitative estimate of drug-likeness (QED) is 0.705. The molecule has 1 aromatic carbocycles. The molecule has 0 bridgehead atoms. The summed E-state index contributed by atoms with van der Waals surface area (Å²) >= 11 is 11.5. The smallest absolute Gasteiger partial charge is 0.306 e. The van der Waals surface area contributed by atoms with Gasteiger partial charge in [0, 0.05) is 6.42 Å². The van der Waals surface area contributed by atoms with Crippen molar-refractivity contribution >= 4 is 44.8 Å². The van der Waals surface area contributed by atoms with E-state index in [0.717, 1.165) is 0 Å². The molecule has 0 fully saturated rings. The molecule has 0 spiro atoms. The van der Waals surface area contributed by atoms with E-state index in [1.165, 1.54) is 18.2 Å². The molecule has 0 saturated carbocycles. The zero-order chi connectivity index (χ0) is 16.0. The van der Waals surface area contributed by atoms with E-state index in [4.69, 9.17) is 23.2 Å². The van der Waals surface area contributed by atoms with Crippen molar-refractivity contribution in [2.75, 3.05) is 12.4 Å². The van der Waals surface area contributed by atoms with Crippen molar-refractivity contribution in [3.63, 3.8) is 0 Å². The summed E-state index contributed by atoms with van der Waals surface area (Å²) in [5.41, 5.74) is 0. The average Bonchev–Trinajstić information content (AvgIpc) is 2.39. The third-order valence-corrected chi connectivity index (χ3v) is 4.93. The number of carbonyl (C=O) groups is 2. The number of halogens is 2. The number of rotatable bonds is 7. The number of ketones is 1. The van der Waals surface area contributed by atoms with Gasteiger partial charge in [0.15, 0.2) is 9.84 Å². The highest BCUT2D eigenvalue weighted by Crippen LogP contribution is 2.25. The number of hydrogen-bond acceptors (Lipinski definition) is 5. The minimum atomic E-state index is -3.80. The highest BCUT2D eigenvalue weighted by atomic mass is 35.5. The molecule has 8 heteroatoms. The van der Waals surface area contributed by atoms with Crippen LogP contribution in [0.25, 0.3) is 0 Å². The Bertz CT molecular complexity index is 640. The first-order valence-corrected chi connectivity index (χ1v) is 8.52. The van der Waals surface area contributed by atoms with Gasteiger partial charge in [-0.15, -0.1) is 0 Å². The number of Topliss-reactive ketones (excluding diaryl/α,β-unsaturated/α-hetero) is 1. The Balaban J connectivity index is 2.69.